The highest BCUT2D eigenvalue weighted by molar-refractivity contribution is 7.99. The minimum Gasteiger partial charge on any atom is -0.485 e. The number of ether oxygens (including phenoxy) is 3. The van der Waals surface area contributed by atoms with Crippen molar-refractivity contribution >= 4 is 29.1 Å². The van der Waals surface area contributed by atoms with E-state index in [-0.39, 0.29) is 12.5 Å². The van der Waals surface area contributed by atoms with Gasteiger partial charge in [0, 0.05) is 11.3 Å². The number of fused-ring (bicyclic) bond motifs is 3. The first kappa shape index (κ1) is 17.3. The molecule has 0 unspecified atom stereocenters. The molecule has 1 atom stereocenters. The predicted molar refractivity (Wildman–Crippen MR) is 109 cm³/mol. The monoisotopic (exact) mass is 421 g/mol. The summed E-state index contributed by atoms with van der Waals surface area (Å²) >= 11 is 1.54. The fourth-order valence-corrected chi connectivity index (χ4v) is 4.34. The van der Waals surface area contributed by atoms with E-state index in [4.69, 9.17) is 19.3 Å². The number of anilines is 1. The van der Waals surface area contributed by atoms with Gasteiger partial charge in [-0.1, -0.05) is 23.9 Å². The first-order chi connectivity index (χ1) is 14.7. The summed E-state index contributed by atoms with van der Waals surface area (Å²) in [6.07, 6.45) is -0.416. The Kier molecular flexibility index (Phi) is 3.91. The SMILES string of the molecule is O=C1COc2ccc(C3=Nn4c(nnc4[C@H]4COc5ccccc5O4)SC3)cc2N1. The number of hydrogen-bond acceptors (Lipinski definition) is 8. The van der Waals surface area contributed by atoms with Crippen LogP contribution >= 0.6 is 11.8 Å². The lowest BCUT2D eigenvalue weighted by atomic mass is 10.1. The summed E-state index contributed by atoms with van der Waals surface area (Å²) in [5, 5.41) is 16.9. The third-order valence-electron chi connectivity index (χ3n) is 4.94. The Hall–Kier alpha value is -3.53. The quantitative estimate of drug-likeness (QED) is 0.679. The molecule has 0 saturated carbocycles. The molecular weight excluding hydrogens is 406 g/mol. The van der Waals surface area contributed by atoms with Crippen molar-refractivity contribution in [3.63, 3.8) is 0 Å². The molecule has 0 radical (unpaired) electrons. The molecule has 0 aliphatic carbocycles. The highest BCUT2D eigenvalue weighted by Crippen LogP contribution is 2.37. The van der Waals surface area contributed by atoms with E-state index in [0.29, 0.717) is 46.3 Å². The largest absolute Gasteiger partial charge is 0.485 e. The molecule has 1 N–H and O–H groups in total. The van der Waals surface area contributed by atoms with Crippen molar-refractivity contribution in [2.24, 2.45) is 5.10 Å². The van der Waals surface area contributed by atoms with E-state index in [1.807, 2.05) is 42.5 Å². The number of thioether (sulfide) groups is 1. The smallest absolute Gasteiger partial charge is 0.262 e. The third-order valence-corrected chi connectivity index (χ3v) is 5.87. The molecule has 3 aromatic rings. The lowest BCUT2D eigenvalue weighted by molar-refractivity contribution is -0.118. The average Bonchev–Trinajstić information content (AvgIpc) is 3.21. The van der Waals surface area contributed by atoms with Gasteiger partial charge in [-0.25, -0.2) is 0 Å². The standard InChI is InChI=1S/C20H15N5O4S/c26-18-9-28-14-6-5-11(7-12(14)21-18)13-10-30-20-23-22-19(25(20)24-13)17-8-27-15-3-1-2-4-16(15)29-17/h1-7,17H,8-10H2,(H,21,26)/t17-/m1/s1. The van der Waals surface area contributed by atoms with Crippen LogP contribution in [0.4, 0.5) is 5.69 Å². The molecule has 9 nitrogen and oxygen atoms in total. The summed E-state index contributed by atoms with van der Waals surface area (Å²) in [6.45, 7) is 0.357. The zero-order valence-electron chi connectivity index (χ0n) is 15.6. The Labute approximate surface area is 175 Å². The number of hydrogen-bond donors (Lipinski definition) is 1. The van der Waals surface area contributed by atoms with E-state index in [1.165, 1.54) is 0 Å². The molecule has 150 valence electrons. The van der Waals surface area contributed by atoms with Gasteiger partial charge in [-0.15, -0.1) is 10.2 Å². The number of nitrogens with one attached hydrogen (secondary N) is 1. The predicted octanol–water partition coefficient (Wildman–Crippen LogP) is 2.48. The van der Waals surface area contributed by atoms with Crippen molar-refractivity contribution in [3.8, 4) is 17.2 Å². The van der Waals surface area contributed by atoms with Gasteiger partial charge < -0.3 is 19.5 Å². The number of nitrogens with zero attached hydrogens (tertiary/aromatic N) is 4. The van der Waals surface area contributed by atoms with Crippen molar-refractivity contribution < 1.29 is 19.0 Å². The van der Waals surface area contributed by atoms with Crippen molar-refractivity contribution in [2.75, 3.05) is 24.3 Å². The Bertz CT molecular complexity index is 1210. The second-order valence-corrected chi connectivity index (χ2v) is 7.84. The molecule has 0 bridgehead atoms. The van der Waals surface area contributed by atoms with E-state index >= 15 is 0 Å². The summed E-state index contributed by atoms with van der Waals surface area (Å²) in [5.41, 5.74) is 2.38. The second-order valence-electron chi connectivity index (χ2n) is 6.90. The van der Waals surface area contributed by atoms with Crippen LogP contribution in [-0.2, 0) is 4.79 Å². The number of amides is 1. The number of para-hydroxylation sites is 2. The van der Waals surface area contributed by atoms with Crippen LogP contribution in [0.25, 0.3) is 0 Å². The molecule has 0 fully saturated rings. The lowest BCUT2D eigenvalue weighted by Crippen LogP contribution is -2.26. The summed E-state index contributed by atoms with van der Waals surface area (Å²) in [4.78, 5) is 11.6. The van der Waals surface area contributed by atoms with Crippen LogP contribution in [0.1, 0.15) is 17.5 Å². The van der Waals surface area contributed by atoms with Crippen LogP contribution in [0, 0.1) is 0 Å². The Balaban J connectivity index is 1.34. The number of carbonyl (C=O) groups is 1. The maximum absolute atomic E-state index is 11.6. The Morgan fingerprint density at radius 2 is 1.97 bits per heavy atom. The molecule has 0 saturated heterocycles. The molecule has 1 aromatic heterocycles. The topological polar surface area (TPSA) is 99.9 Å². The van der Waals surface area contributed by atoms with E-state index in [2.05, 4.69) is 15.5 Å². The zero-order chi connectivity index (χ0) is 20.1. The Morgan fingerprint density at radius 1 is 1.07 bits per heavy atom. The van der Waals surface area contributed by atoms with E-state index in [0.717, 1.165) is 11.3 Å². The average molecular weight is 421 g/mol. The Morgan fingerprint density at radius 3 is 2.90 bits per heavy atom. The zero-order valence-corrected chi connectivity index (χ0v) is 16.4. The summed E-state index contributed by atoms with van der Waals surface area (Å²) in [7, 11) is 0. The van der Waals surface area contributed by atoms with Crippen molar-refractivity contribution in [1.82, 2.24) is 14.9 Å². The molecule has 3 aliphatic heterocycles. The molecule has 0 spiro atoms. The maximum atomic E-state index is 11.6. The molecule has 4 heterocycles. The van der Waals surface area contributed by atoms with Crippen molar-refractivity contribution in [2.45, 2.75) is 11.3 Å². The van der Waals surface area contributed by atoms with Gasteiger partial charge in [-0.2, -0.15) is 9.78 Å². The summed E-state index contributed by atoms with van der Waals surface area (Å²) in [5.74, 6) is 3.08. The van der Waals surface area contributed by atoms with Gasteiger partial charge in [0.1, 0.15) is 12.4 Å². The molecule has 3 aliphatic rings. The molecule has 6 rings (SSSR count). The van der Waals surface area contributed by atoms with Gasteiger partial charge in [0.25, 0.3) is 5.91 Å². The van der Waals surface area contributed by atoms with Crippen LogP contribution in [0.5, 0.6) is 17.2 Å². The lowest BCUT2D eigenvalue weighted by Gasteiger charge is -2.26. The van der Waals surface area contributed by atoms with Gasteiger partial charge in [-0.3, -0.25) is 4.79 Å². The van der Waals surface area contributed by atoms with Crippen LogP contribution in [-0.4, -0.2) is 45.5 Å². The van der Waals surface area contributed by atoms with Gasteiger partial charge in [0.2, 0.25) is 5.16 Å². The van der Waals surface area contributed by atoms with Crippen LogP contribution < -0.4 is 19.5 Å². The molecule has 10 heteroatoms. The van der Waals surface area contributed by atoms with E-state index < -0.39 is 6.10 Å². The number of aromatic nitrogens is 3. The first-order valence-corrected chi connectivity index (χ1v) is 10.3. The van der Waals surface area contributed by atoms with Crippen molar-refractivity contribution in [3.05, 3.63) is 53.9 Å². The highest BCUT2D eigenvalue weighted by atomic mass is 32.2. The number of rotatable bonds is 2. The van der Waals surface area contributed by atoms with E-state index in [9.17, 15) is 4.79 Å². The molecular formula is C20H15N5O4S. The normalized spacial score (nSPS) is 19.1. The summed E-state index contributed by atoms with van der Waals surface area (Å²) in [6, 6.07) is 13.2. The van der Waals surface area contributed by atoms with Gasteiger partial charge >= 0.3 is 0 Å². The fourth-order valence-electron chi connectivity index (χ4n) is 3.49. The van der Waals surface area contributed by atoms with Gasteiger partial charge in [0.05, 0.1) is 11.4 Å². The first-order valence-electron chi connectivity index (χ1n) is 9.36. The number of carbonyl (C=O) groups excluding carboxylic acids is 1. The molecule has 1 amide bonds. The summed E-state index contributed by atoms with van der Waals surface area (Å²) < 4.78 is 19.0. The van der Waals surface area contributed by atoms with Gasteiger partial charge in [0.15, 0.2) is 30.0 Å². The molecule has 2 aromatic carbocycles. The van der Waals surface area contributed by atoms with Crippen LogP contribution in [0.15, 0.2) is 52.7 Å². The third kappa shape index (κ3) is 2.88. The van der Waals surface area contributed by atoms with Crippen LogP contribution in [0.3, 0.4) is 0 Å². The van der Waals surface area contributed by atoms with Crippen LogP contribution in [0.2, 0.25) is 0 Å². The van der Waals surface area contributed by atoms with E-state index in [1.54, 1.807) is 16.4 Å². The van der Waals surface area contributed by atoms with Gasteiger partial charge in [-0.05, 0) is 30.3 Å². The van der Waals surface area contributed by atoms with Crippen molar-refractivity contribution in [1.29, 1.82) is 0 Å². The molecule has 30 heavy (non-hydrogen) atoms. The number of benzene rings is 2. The second kappa shape index (κ2) is 6.77. The highest BCUT2D eigenvalue weighted by Gasteiger charge is 2.30. The minimum atomic E-state index is -0.416. The minimum absolute atomic E-state index is 0.0309. The maximum Gasteiger partial charge on any atom is 0.262 e. The fraction of sp³-hybridized carbons (Fsp3) is 0.200.